The molecule has 1 atom stereocenters. The SMILES string of the molecule is CC#Cc1cnc2c(C)cc(OC(SC)C(=O)NC(C)(C)C)cc2c1. The van der Waals surface area contributed by atoms with Crippen molar-refractivity contribution < 1.29 is 9.53 Å². The second-order valence-corrected chi connectivity index (χ2v) is 7.74. The summed E-state index contributed by atoms with van der Waals surface area (Å²) in [7, 11) is 0. The van der Waals surface area contributed by atoms with Crippen LogP contribution in [-0.2, 0) is 4.79 Å². The Bertz CT molecular complexity index is 844. The zero-order valence-corrected chi connectivity index (χ0v) is 16.4. The lowest BCUT2D eigenvalue weighted by molar-refractivity contribution is -0.125. The van der Waals surface area contributed by atoms with E-state index in [1.165, 1.54) is 11.8 Å². The van der Waals surface area contributed by atoms with Crippen LogP contribution in [0, 0.1) is 18.8 Å². The highest BCUT2D eigenvalue weighted by molar-refractivity contribution is 7.99. The standard InChI is InChI=1S/C20H24N2O2S/c1-7-8-14-10-15-11-16(9-13(2)17(15)21-12-14)24-19(25-6)18(23)22-20(3,4)5/h9-12,19H,1-6H3,(H,22,23). The number of nitrogens with one attached hydrogen (secondary N) is 1. The fourth-order valence-electron chi connectivity index (χ4n) is 2.44. The maximum absolute atomic E-state index is 12.4. The van der Waals surface area contributed by atoms with Gasteiger partial charge in [0.1, 0.15) is 5.75 Å². The van der Waals surface area contributed by atoms with Crippen LogP contribution in [0.15, 0.2) is 24.4 Å². The van der Waals surface area contributed by atoms with Gasteiger partial charge in [-0.05, 0) is 64.6 Å². The van der Waals surface area contributed by atoms with Gasteiger partial charge in [0.2, 0.25) is 5.44 Å². The molecule has 132 valence electrons. The van der Waals surface area contributed by atoms with Crippen molar-refractivity contribution >= 4 is 28.6 Å². The second-order valence-electron chi connectivity index (χ2n) is 6.84. The summed E-state index contributed by atoms with van der Waals surface area (Å²) in [5.41, 5.74) is 1.86. The van der Waals surface area contributed by atoms with E-state index in [2.05, 4.69) is 22.1 Å². The van der Waals surface area contributed by atoms with E-state index in [1.807, 2.05) is 52.1 Å². The van der Waals surface area contributed by atoms with E-state index in [0.717, 1.165) is 22.0 Å². The third-order valence-corrected chi connectivity index (χ3v) is 4.12. The van der Waals surface area contributed by atoms with Crippen molar-refractivity contribution in [3.63, 3.8) is 0 Å². The normalized spacial score (nSPS) is 12.2. The summed E-state index contributed by atoms with van der Waals surface area (Å²) in [5, 5.41) is 3.90. The molecule has 0 aliphatic carbocycles. The molecule has 0 saturated heterocycles. The maximum Gasteiger partial charge on any atom is 0.272 e. The van der Waals surface area contributed by atoms with E-state index < -0.39 is 5.44 Å². The number of carbonyl (C=O) groups is 1. The zero-order valence-electron chi connectivity index (χ0n) is 15.6. The highest BCUT2D eigenvalue weighted by Crippen LogP contribution is 2.26. The average Bonchev–Trinajstić information content (AvgIpc) is 2.51. The number of fused-ring (bicyclic) bond motifs is 1. The van der Waals surface area contributed by atoms with Crippen LogP contribution in [0.1, 0.15) is 38.8 Å². The number of aromatic nitrogens is 1. The molecular formula is C20H24N2O2S. The molecular weight excluding hydrogens is 332 g/mol. The first-order valence-electron chi connectivity index (χ1n) is 8.08. The lowest BCUT2D eigenvalue weighted by Gasteiger charge is -2.24. The van der Waals surface area contributed by atoms with Crippen molar-refractivity contribution in [1.29, 1.82) is 0 Å². The molecule has 1 N–H and O–H groups in total. The third-order valence-electron chi connectivity index (χ3n) is 3.39. The monoisotopic (exact) mass is 356 g/mol. The lowest BCUT2D eigenvalue weighted by atomic mass is 10.1. The van der Waals surface area contributed by atoms with Gasteiger partial charge in [0, 0.05) is 22.7 Å². The van der Waals surface area contributed by atoms with E-state index in [-0.39, 0.29) is 11.4 Å². The Kier molecular flexibility index (Phi) is 5.97. The number of thioether (sulfide) groups is 1. The first-order chi connectivity index (χ1) is 11.7. The van der Waals surface area contributed by atoms with Gasteiger partial charge >= 0.3 is 0 Å². The number of carbonyl (C=O) groups excluding carboxylic acids is 1. The molecule has 0 radical (unpaired) electrons. The minimum atomic E-state index is -0.609. The van der Waals surface area contributed by atoms with Crippen LogP contribution in [0.2, 0.25) is 0 Å². The summed E-state index contributed by atoms with van der Waals surface area (Å²) in [6.07, 6.45) is 3.63. The lowest BCUT2D eigenvalue weighted by Crippen LogP contribution is -2.46. The van der Waals surface area contributed by atoms with Gasteiger partial charge in [0.15, 0.2) is 0 Å². The molecule has 0 saturated carbocycles. The Labute approximate surface area is 153 Å². The summed E-state index contributed by atoms with van der Waals surface area (Å²) in [4.78, 5) is 16.9. The average molecular weight is 356 g/mol. The zero-order chi connectivity index (χ0) is 18.6. The highest BCUT2D eigenvalue weighted by Gasteiger charge is 2.24. The molecule has 0 bridgehead atoms. The predicted molar refractivity (Wildman–Crippen MR) is 105 cm³/mol. The van der Waals surface area contributed by atoms with Crippen molar-refractivity contribution in [2.24, 2.45) is 0 Å². The maximum atomic E-state index is 12.4. The van der Waals surface area contributed by atoms with E-state index >= 15 is 0 Å². The number of amides is 1. The summed E-state index contributed by atoms with van der Waals surface area (Å²) >= 11 is 1.36. The summed E-state index contributed by atoms with van der Waals surface area (Å²) in [6.45, 7) is 9.63. The number of hydrogen-bond donors (Lipinski definition) is 1. The van der Waals surface area contributed by atoms with Crippen LogP contribution in [-0.4, -0.2) is 28.1 Å². The minimum Gasteiger partial charge on any atom is -0.470 e. The molecule has 1 aromatic heterocycles. The van der Waals surface area contributed by atoms with Crippen LogP contribution >= 0.6 is 11.8 Å². The number of nitrogens with zero attached hydrogens (tertiary/aromatic N) is 1. The van der Waals surface area contributed by atoms with Gasteiger partial charge in [-0.1, -0.05) is 5.92 Å². The Morgan fingerprint density at radius 3 is 2.64 bits per heavy atom. The topological polar surface area (TPSA) is 51.2 Å². The molecule has 0 fully saturated rings. The number of benzene rings is 1. The van der Waals surface area contributed by atoms with Crippen LogP contribution in [0.4, 0.5) is 0 Å². The van der Waals surface area contributed by atoms with Gasteiger partial charge in [0.05, 0.1) is 5.52 Å². The van der Waals surface area contributed by atoms with E-state index in [1.54, 1.807) is 13.1 Å². The highest BCUT2D eigenvalue weighted by atomic mass is 32.2. The molecule has 5 heteroatoms. The van der Waals surface area contributed by atoms with Gasteiger partial charge in [0.25, 0.3) is 5.91 Å². The fraction of sp³-hybridized carbons (Fsp3) is 0.400. The Morgan fingerprint density at radius 1 is 1.32 bits per heavy atom. The second kappa shape index (κ2) is 7.79. The fourth-order valence-corrected chi connectivity index (χ4v) is 2.92. The van der Waals surface area contributed by atoms with Crippen LogP contribution in [0.25, 0.3) is 10.9 Å². The molecule has 2 rings (SSSR count). The molecule has 1 unspecified atom stereocenters. The predicted octanol–water partition coefficient (Wildman–Crippen LogP) is 3.90. The van der Waals surface area contributed by atoms with E-state index in [9.17, 15) is 4.79 Å². The minimum absolute atomic E-state index is 0.138. The number of aryl methyl sites for hydroxylation is 1. The Balaban J connectivity index is 2.32. The first-order valence-corrected chi connectivity index (χ1v) is 9.37. The Morgan fingerprint density at radius 2 is 2.04 bits per heavy atom. The smallest absolute Gasteiger partial charge is 0.272 e. The van der Waals surface area contributed by atoms with Crippen LogP contribution in [0.5, 0.6) is 5.75 Å². The van der Waals surface area contributed by atoms with Crippen molar-refractivity contribution in [2.75, 3.05) is 6.26 Å². The van der Waals surface area contributed by atoms with Gasteiger partial charge in [-0.2, -0.15) is 0 Å². The number of hydrogen-bond acceptors (Lipinski definition) is 4. The van der Waals surface area contributed by atoms with Gasteiger partial charge in [-0.25, -0.2) is 0 Å². The molecule has 1 heterocycles. The molecule has 0 aliphatic heterocycles. The van der Waals surface area contributed by atoms with Crippen molar-refractivity contribution in [3.8, 4) is 17.6 Å². The van der Waals surface area contributed by atoms with E-state index in [4.69, 9.17) is 4.74 Å². The molecule has 1 amide bonds. The van der Waals surface area contributed by atoms with Crippen molar-refractivity contribution in [1.82, 2.24) is 10.3 Å². The number of rotatable bonds is 4. The summed E-state index contributed by atoms with van der Waals surface area (Å²) in [6, 6.07) is 5.81. The third kappa shape index (κ3) is 5.14. The summed E-state index contributed by atoms with van der Waals surface area (Å²) in [5.74, 6) is 6.40. The van der Waals surface area contributed by atoms with Gasteiger partial charge in [-0.3, -0.25) is 9.78 Å². The number of ether oxygens (including phenoxy) is 1. The van der Waals surface area contributed by atoms with Crippen molar-refractivity contribution in [3.05, 3.63) is 35.5 Å². The Hall–Kier alpha value is -2.19. The molecule has 2 aromatic rings. The molecule has 1 aromatic carbocycles. The molecule has 0 spiro atoms. The molecule has 0 aliphatic rings. The van der Waals surface area contributed by atoms with Gasteiger partial charge < -0.3 is 10.1 Å². The van der Waals surface area contributed by atoms with Crippen LogP contribution in [0.3, 0.4) is 0 Å². The number of pyridine rings is 1. The quantitative estimate of drug-likeness (QED) is 0.667. The molecule has 4 nitrogen and oxygen atoms in total. The van der Waals surface area contributed by atoms with E-state index in [0.29, 0.717) is 5.75 Å². The van der Waals surface area contributed by atoms with Crippen molar-refractivity contribution in [2.45, 2.75) is 45.6 Å². The molecule has 25 heavy (non-hydrogen) atoms. The summed E-state index contributed by atoms with van der Waals surface area (Å²) < 4.78 is 5.95. The van der Waals surface area contributed by atoms with Crippen LogP contribution < -0.4 is 10.1 Å². The van der Waals surface area contributed by atoms with Gasteiger partial charge in [-0.15, -0.1) is 17.7 Å². The largest absolute Gasteiger partial charge is 0.470 e. The first kappa shape index (κ1) is 19.1.